The van der Waals surface area contributed by atoms with Crippen LogP contribution in [0.3, 0.4) is 0 Å². The van der Waals surface area contributed by atoms with Crippen LogP contribution < -0.4 is 10.6 Å². The first-order valence-corrected chi connectivity index (χ1v) is 7.95. The summed E-state index contributed by atoms with van der Waals surface area (Å²) < 4.78 is 0. The van der Waals surface area contributed by atoms with Crippen molar-refractivity contribution in [2.75, 3.05) is 32.7 Å². The zero-order chi connectivity index (χ0) is 13.7. The number of aliphatic imine (C=N–C) groups is 1. The summed E-state index contributed by atoms with van der Waals surface area (Å²) in [5, 5.41) is 6.84. The molecule has 1 unspecified atom stereocenters. The van der Waals surface area contributed by atoms with Gasteiger partial charge in [-0.15, -0.1) is 24.0 Å². The summed E-state index contributed by atoms with van der Waals surface area (Å²) in [6.07, 6.45) is 4.20. The van der Waals surface area contributed by atoms with E-state index in [2.05, 4.69) is 41.3 Å². The number of rotatable bonds is 6. The topological polar surface area (TPSA) is 39.7 Å². The van der Waals surface area contributed by atoms with E-state index in [9.17, 15) is 0 Å². The van der Waals surface area contributed by atoms with Crippen molar-refractivity contribution >= 4 is 29.9 Å². The Morgan fingerprint density at radius 1 is 1.25 bits per heavy atom. The molecule has 0 spiro atoms. The second kappa shape index (κ2) is 9.07. The molecule has 118 valence electrons. The van der Waals surface area contributed by atoms with Crippen molar-refractivity contribution in [3.8, 4) is 0 Å². The number of hydrogen-bond acceptors (Lipinski definition) is 2. The van der Waals surface area contributed by atoms with Crippen LogP contribution in [0.1, 0.15) is 40.0 Å². The molecule has 4 nitrogen and oxygen atoms in total. The lowest BCUT2D eigenvalue weighted by Crippen LogP contribution is -2.40. The molecule has 0 radical (unpaired) electrons. The van der Waals surface area contributed by atoms with Crippen molar-refractivity contribution in [3.63, 3.8) is 0 Å². The molecule has 0 bridgehead atoms. The highest BCUT2D eigenvalue weighted by atomic mass is 127. The molecule has 20 heavy (non-hydrogen) atoms. The third-order valence-electron chi connectivity index (χ3n) is 3.90. The van der Waals surface area contributed by atoms with Gasteiger partial charge in [0.1, 0.15) is 0 Å². The van der Waals surface area contributed by atoms with Crippen molar-refractivity contribution in [1.29, 1.82) is 0 Å². The van der Waals surface area contributed by atoms with Crippen LogP contribution in [0.4, 0.5) is 0 Å². The Bertz CT molecular complexity index is 302. The molecule has 0 amide bonds. The van der Waals surface area contributed by atoms with Gasteiger partial charge in [-0.2, -0.15) is 0 Å². The summed E-state index contributed by atoms with van der Waals surface area (Å²) in [5.41, 5.74) is 0. The zero-order valence-corrected chi connectivity index (χ0v) is 15.5. The number of guanidine groups is 1. The minimum absolute atomic E-state index is 0. The number of likely N-dealkylation sites (tertiary alicyclic amines) is 1. The van der Waals surface area contributed by atoms with Crippen molar-refractivity contribution in [2.45, 2.75) is 46.1 Å². The van der Waals surface area contributed by atoms with E-state index in [0.29, 0.717) is 5.92 Å². The summed E-state index contributed by atoms with van der Waals surface area (Å²) in [6.45, 7) is 12.0. The van der Waals surface area contributed by atoms with Gasteiger partial charge in [0, 0.05) is 32.2 Å². The molecular weight excluding hydrogens is 363 g/mol. The van der Waals surface area contributed by atoms with Gasteiger partial charge < -0.3 is 15.5 Å². The first kappa shape index (κ1) is 18.0. The maximum atomic E-state index is 4.62. The number of hydrogen-bond donors (Lipinski definition) is 2. The van der Waals surface area contributed by atoms with Gasteiger partial charge in [-0.1, -0.05) is 13.8 Å². The lowest BCUT2D eigenvalue weighted by Gasteiger charge is -2.17. The predicted molar refractivity (Wildman–Crippen MR) is 96.9 cm³/mol. The molecule has 0 aromatic carbocycles. The Hall–Kier alpha value is -0.0400. The first-order valence-electron chi connectivity index (χ1n) is 7.95. The van der Waals surface area contributed by atoms with Gasteiger partial charge in [-0.3, -0.25) is 4.99 Å². The van der Waals surface area contributed by atoms with Crippen LogP contribution in [-0.2, 0) is 0 Å². The standard InChI is InChI=1S/C15H30N4.HI/c1-4-16-15(17-9-12(2)3)18-10-13-7-8-19(11-13)14-5-6-14;/h12-14H,4-11H2,1-3H3,(H2,16,17,18);1H. The third kappa shape index (κ3) is 6.16. The van der Waals surface area contributed by atoms with Crippen molar-refractivity contribution in [1.82, 2.24) is 15.5 Å². The molecule has 2 fully saturated rings. The summed E-state index contributed by atoms with van der Waals surface area (Å²) >= 11 is 0. The first-order chi connectivity index (χ1) is 9.19. The highest BCUT2D eigenvalue weighted by Gasteiger charge is 2.34. The van der Waals surface area contributed by atoms with E-state index in [4.69, 9.17) is 0 Å². The summed E-state index contributed by atoms with van der Waals surface area (Å²) in [4.78, 5) is 7.29. The molecule has 2 N–H and O–H groups in total. The van der Waals surface area contributed by atoms with Gasteiger partial charge in [0.15, 0.2) is 5.96 Å². The number of nitrogens with one attached hydrogen (secondary N) is 2. The van der Waals surface area contributed by atoms with Crippen LogP contribution in [0.2, 0.25) is 0 Å². The number of nitrogens with zero attached hydrogens (tertiary/aromatic N) is 2. The Balaban J connectivity index is 0.00000200. The third-order valence-corrected chi connectivity index (χ3v) is 3.90. The minimum Gasteiger partial charge on any atom is -0.357 e. The molecule has 1 aliphatic heterocycles. The van der Waals surface area contributed by atoms with Gasteiger partial charge in [0.2, 0.25) is 0 Å². The molecule has 2 aliphatic rings. The maximum Gasteiger partial charge on any atom is 0.191 e. The molecule has 1 atom stereocenters. The Labute approximate surface area is 141 Å². The molecule has 0 aromatic heterocycles. The monoisotopic (exact) mass is 394 g/mol. The molecule has 1 saturated carbocycles. The van der Waals surface area contributed by atoms with E-state index >= 15 is 0 Å². The summed E-state index contributed by atoms with van der Waals surface area (Å²) in [6, 6.07) is 0.924. The van der Waals surface area contributed by atoms with Crippen LogP contribution in [-0.4, -0.2) is 49.6 Å². The van der Waals surface area contributed by atoms with Crippen molar-refractivity contribution < 1.29 is 0 Å². The van der Waals surface area contributed by atoms with Crippen LogP contribution in [0.5, 0.6) is 0 Å². The maximum absolute atomic E-state index is 4.62. The quantitative estimate of drug-likeness (QED) is 0.413. The van der Waals surface area contributed by atoms with Crippen LogP contribution in [0.25, 0.3) is 0 Å². The molecule has 2 rings (SSSR count). The van der Waals surface area contributed by atoms with Crippen LogP contribution in [0.15, 0.2) is 4.99 Å². The summed E-state index contributed by atoms with van der Waals surface area (Å²) in [5.74, 6) is 2.40. The van der Waals surface area contributed by atoms with Gasteiger partial charge >= 0.3 is 0 Å². The lowest BCUT2D eigenvalue weighted by atomic mass is 10.1. The van der Waals surface area contributed by atoms with Gasteiger partial charge in [-0.05, 0) is 44.6 Å². The Morgan fingerprint density at radius 2 is 2.00 bits per heavy atom. The van der Waals surface area contributed by atoms with E-state index in [0.717, 1.165) is 37.6 Å². The highest BCUT2D eigenvalue weighted by Crippen LogP contribution is 2.31. The summed E-state index contributed by atoms with van der Waals surface area (Å²) in [7, 11) is 0. The fourth-order valence-electron chi connectivity index (χ4n) is 2.66. The second-order valence-electron chi connectivity index (χ2n) is 6.38. The molecule has 1 aliphatic carbocycles. The highest BCUT2D eigenvalue weighted by molar-refractivity contribution is 14.0. The van der Waals surface area contributed by atoms with Crippen molar-refractivity contribution in [3.05, 3.63) is 0 Å². The molecule has 0 aromatic rings. The zero-order valence-electron chi connectivity index (χ0n) is 13.2. The van der Waals surface area contributed by atoms with E-state index < -0.39 is 0 Å². The van der Waals surface area contributed by atoms with E-state index in [1.807, 2.05) is 0 Å². The van der Waals surface area contributed by atoms with Crippen LogP contribution in [0, 0.1) is 11.8 Å². The molecule has 5 heteroatoms. The van der Waals surface area contributed by atoms with E-state index in [-0.39, 0.29) is 24.0 Å². The number of halogens is 1. The van der Waals surface area contributed by atoms with Gasteiger partial charge in [0.05, 0.1) is 0 Å². The van der Waals surface area contributed by atoms with Crippen molar-refractivity contribution in [2.24, 2.45) is 16.8 Å². The van der Waals surface area contributed by atoms with Gasteiger partial charge in [0.25, 0.3) is 0 Å². The van der Waals surface area contributed by atoms with Crippen LogP contribution >= 0.6 is 24.0 Å². The van der Waals surface area contributed by atoms with E-state index in [1.165, 1.54) is 32.4 Å². The Kier molecular flexibility index (Phi) is 8.17. The minimum atomic E-state index is 0. The normalized spacial score (nSPS) is 23.8. The van der Waals surface area contributed by atoms with Gasteiger partial charge in [-0.25, -0.2) is 0 Å². The SMILES string of the molecule is CCNC(=NCC(C)C)NCC1CCN(C2CC2)C1.I. The largest absolute Gasteiger partial charge is 0.357 e. The average molecular weight is 394 g/mol. The second-order valence-corrected chi connectivity index (χ2v) is 6.38. The molecule has 1 heterocycles. The average Bonchev–Trinajstić information content (AvgIpc) is 3.12. The lowest BCUT2D eigenvalue weighted by molar-refractivity contribution is 0.314. The fourth-order valence-corrected chi connectivity index (χ4v) is 2.66. The van der Waals surface area contributed by atoms with E-state index in [1.54, 1.807) is 0 Å². The molecular formula is C15H31IN4. The fraction of sp³-hybridized carbons (Fsp3) is 0.933. The Morgan fingerprint density at radius 3 is 2.60 bits per heavy atom. The smallest absolute Gasteiger partial charge is 0.191 e. The molecule has 1 saturated heterocycles. The predicted octanol–water partition coefficient (Wildman–Crippen LogP) is 2.30.